The largest absolute Gasteiger partial charge is 0.0646 e. The summed E-state index contributed by atoms with van der Waals surface area (Å²) in [6.45, 7) is 13.6. The van der Waals surface area contributed by atoms with Crippen molar-refractivity contribution >= 4 is 0 Å². The molecule has 0 unspecified atom stereocenters. The first-order valence-corrected chi connectivity index (χ1v) is 5.88. The van der Waals surface area contributed by atoms with Gasteiger partial charge in [0.25, 0.3) is 0 Å². The predicted octanol–water partition coefficient (Wildman–Crippen LogP) is 4.67. The summed E-state index contributed by atoms with van der Waals surface area (Å²) in [6.07, 6.45) is 1.18. The van der Waals surface area contributed by atoms with E-state index >= 15 is 0 Å². The lowest BCUT2D eigenvalue weighted by molar-refractivity contribution is 0.505. The van der Waals surface area contributed by atoms with Gasteiger partial charge in [-0.2, -0.15) is 0 Å². The van der Waals surface area contributed by atoms with Crippen LogP contribution in [0.25, 0.3) is 0 Å². The lowest BCUT2D eigenvalue weighted by atomic mass is 9.80. The molecule has 0 aromatic heterocycles. The van der Waals surface area contributed by atoms with Crippen LogP contribution < -0.4 is 0 Å². The quantitative estimate of drug-likeness (QED) is 0.656. The van der Waals surface area contributed by atoms with Gasteiger partial charge >= 0.3 is 0 Å². The second-order valence-electron chi connectivity index (χ2n) is 6.06. The van der Waals surface area contributed by atoms with E-state index in [2.05, 4.69) is 65.8 Å². The van der Waals surface area contributed by atoms with Gasteiger partial charge in [0.2, 0.25) is 0 Å². The highest BCUT2D eigenvalue weighted by atomic mass is 14.2. The second kappa shape index (κ2) is 4.00. The van der Waals surface area contributed by atoms with E-state index < -0.39 is 0 Å². The van der Waals surface area contributed by atoms with E-state index in [4.69, 9.17) is 0 Å². The van der Waals surface area contributed by atoms with Crippen LogP contribution in [-0.4, -0.2) is 0 Å². The van der Waals surface area contributed by atoms with Crippen LogP contribution in [0.1, 0.15) is 59.1 Å². The third-order valence-electron chi connectivity index (χ3n) is 3.42. The lowest BCUT2D eigenvalue weighted by Crippen LogP contribution is -2.16. The summed E-state index contributed by atoms with van der Waals surface area (Å²) in [5.41, 5.74) is 3.42. The minimum Gasteiger partial charge on any atom is -0.0646 e. The highest BCUT2D eigenvalue weighted by Crippen LogP contribution is 2.29. The zero-order valence-corrected chi connectivity index (χ0v) is 11.0. The van der Waals surface area contributed by atoms with Gasteiger partial charge < -0.3 is 0 Å². The molecule has 0 radical (unpaired) electrons. The van der Waals surface area contributed by atoms with E-state index in [9.17, 15) is 0 Å². The molecule has 0 atom stereocenters. The highest BCUT2D eigenvalue weighted by Gasteiger charge is 2.19. The van der Waals surface area contributed by atoms with Crippen molar-refractivity contribution in [2.75, 3.05) is 0 Å². The fourth-order valence-corrected chi connectivity index (χ4v) is 1.63. The van der Waals surface area contributed by atoms with Gasteiger partial charge in [0.1, 0.15) is 0 Å². The van der Waals surface area contributed by atoms with Gasteiger partial charge in [-0.15, -0.1) is 0 Å². The first-order chi connectivity index (χ1) is 6.77. The molecule has 15 heavy (non-hydrogen) atoms. The average molecular weight is 204 g/mol. The zero-order chi connectivity index (χ0) is 11.7. The normalized spacial score (nSPS) is 12.9. The van der Waals surface area contributed by atoms with E-state index in [0.717, 1.165) is 0 Å². The molecule has 0 N–H and O–H groups in total. The van der Waals surface area contributed by atoms with Crippen LogP contribution in [0.3, 0.4) is 0 Å². The molecule has 84 valence electrons. The number of hydrogen-bond acceptors (Lipinski definition) is 0. The third kappa shape index (κ3) is 2.84. The molecule has 1 aromatic rings. The van der Waals surface area contributed by atoms with E-state index in [0.29, 0.717) is 5.41 Å². The fraction of sp³-hybridized carbons (Fsp3) is 0.600. The van der Waals surface area contributed by atoms with E-state index in [-0.39, 0.29) is 5.41 Å². The minimum atomic E-state index is 0.259. The number of benzene rings is 1. The van der Waals surface area contributed by atoms with Crippen LogP contribution >= 0.6 is 0 Å². The van der Waals surface area contributed by atoms with Gasteiger partial charge in [0.05, 0.1) is 0 Å². The Balaban J connectivity index is 3.01. The minimum absolute atomic E-state index is 0.259. The van der Waals surface area contributed by atoms with Crippen molar-refractivity contribution in [3.8, 4) is 0 Å². The summed E-state index contributed by atoms with van der Waals surface area (Å²) in [5.74, 6) is 0. The molecular formula is C15H24. The fourth-order valence-electron chi connectivity index (χ4n) is 1.63. The van der Waals surface area contributed by atoms with Crippen molar-refractivity contribution in [1.82, 2.24) is 0 Å². The molecule has 0 amide bonds. The maximum absolute atomic E-state index is 2.30. The summed E-state index contributed by atoms with van der Waals surface area (Å²) < 4.78 is 0. The van der Waals surface area contributed by atoms with Crippen molar-refractivity contribution in [3.05, 3.63) is 35.4 Å². The third-order valence-corrected chi connectivity index (χ3v) is 3.42. The van der Waals surface area contributed by atoms with Crippen LogP contribution in [0.2, 0.25) is 0 Å². The van der Waals surface area contributed by atoms with Crippen molar-refractivity contribution in [3.63, 3.8) is 0 Å². The van der Waals surface area contributed by atoms with Crippen LogP contribution in [-0.2, 0) is 10.8 Å². The number of rotatable bonds is 2. The molecule has 0 aliphatic carbocycles. The van der Waals surface area contributed by atoms with E-state index in [1.54, 1.807) is 0 Å². The first-order valence-electron chi connectivity index (χ1n) is 5.88. The van der Waals surface area contributed by atoms with Crippen molar-refractivity contribution in [2.45, 2.75) is 58.8 Å². The molecule has 0 heterocycles. The lowest BCUT2D eigenvalue weighted by Gasteiger charge is -2.25. The molecule has 0 bridgehead atoms. The smallest absolute Gasteiger partial charge is 0.0106 e. The van der Waals surface area contributed by atoms with Gasteiger partial charge in [-0.25, -0.2) is 0 Å². The molecule has 0 saturated heterocycles. The Morgan fingerprint density at radius 2 is 1.20 bits per heavy atom. The second-order valence-corrected chi connectivity index (χ2v) is 6.06. The van der Waals surface area contributed by atoms with Gasteiger partial charge in [0.15, 0.2) is 0 Å². The van der Waals surface area contributed by atoms with Gasteiger partial charge in [-0.1, -0.05) is 65.8 Å². The van der Waals surface area contributed by atoms with E-state index in [1.165, 1.54) is 17.5 Å². The van der Waals surface area contributed by atoms with Crippen molar-refractivity contribution < 1.29 is 0 Å². The number of hydrogen-bond donors (Lipinski definition) is 0. The average Bonchev–Trinajstić information content (AvgIpc) is 2.17. The predicted molar refractivity (Wildman–Crippen MR) is 68.5 cm³/mol. The SMILES string of the molecule is CCC(C)(C)c1ccc(C(C)(C)C)cc1. The van der Waals surface area contributed by atoms with E-state index in [1.807, 2.05) is 0 Å². The molecule has 0 aliphatic heterocycles. The summed E-state index contributed by atoms with van der Waals surface area (Å²) in [7, 11) is 0. The van der Waals surface area contributed by atoms with Gasteiger partial charge in [0, 0.05) is 0 Å². The van der Waals surface area contributed by atoms with Crippen LogP contribution in [0.4, 0.5) is 0 Å². The van der Waals surface area contributed by atoms with Crippen LogP contribution in [0.15, 0.2) is 24.3 Å². The molecule has 0 aliphatic rings. The molecule has 0 nitrogen and oxygen atoms in total. The Bertz CT molecular complexity index is 309. The molecule has 0 spiro atoms. The summed E-state index contributed by atoms with van der Waals surface area (Å²) in [5, 5.41) is 0. The van der Waals surface area contributed by atoms with Crippen LogP contribution in [0, 0.1) is 0 Å². The summed E-state index contributed by atoms with van der Waals surface area (Å²) in [4.78, 5) is 0. The van der Waals surface area contributed by atoms with Crippen molar-refractivity contribution in [2.24, 2.45) is 0 Å². The molecule has 1 aromatic carbocycles. The Morgan fingerprint density at radius 3 is 1.53 bits per heavy atom. The Kier molecular flexibility index (Phi) is 3.28. The Labute approximate surface area is 94.7 Å². The monoisotopic (exact) mass is 204 g/mol. The standard InChI is InChI=1S/C15H24/c1-7-15(5,6)13-10-8-12(9-11-13)14(2,3)4/h8-11H,7H2,1-6H3. The maximum Gasteiger partial charge on any atom is -0.0106 e. The summed E-state index contributed by atoms with van der Waals surface area (Å²) >= 11 is 0. The van der Waals surface area contributed by atoms with Gasteiger partial charge in [-0.3, -0.25) is 0 Å². The Hall–Kier alpha value is -0.780. The zero-order valence-electron chi connectivity index (χ0n) is 11.0. The topological polar surface area (TPSA) is 0 Å². The molecular weight excluding hydrogens is 180 g/mol. The van der Waals surface area contributed by atoms with Gasteiger partial charge in [-0.05, 0) is 28.4 Å². The molecule has 0 saturated carbocycles. The molecule has 0 fully saturated rings. The first kappa shape index (κ1) is 12.3. The van der Waals surface area contributed by atoms with Crippen LogP contribution in [0.5, 0.6) is 0 Å². The van der Waals surface area contributed by atoms with Crippen molar-refractivity contribution in [1.29, 1.82) is 0 Å². The highest BCUT2D eigenvalue weighted by molar-refractivity contribution is 5.31. The Morgan fingerprint density at radius 1 is 0.800 bits per heavy atom. The maximum atomic E-state index is 2.30. The molecule has 0 heteroatoms. The molecule has 1 rings (SSSR count). The summed E-state index contributed by atoms with van der Waals surface area (Å²) in [6, 6.07) is 9.10.